The number of hydrogen-bond acceptors (Lipinski definition) is 4. The van der Waals surface area contributed by atoms with E-state index in [1.54, 1.807) is 60.7 Å². The third-order valence-corrected chi connectivity index (χ3v) is 10.4. The molecule has 2 atom stereocenters. The quantitative estimate of drug-likeness (QED) is 0.154. The van der Waals surface area contributed by atoms with E-state index in [4.69, 9.17) is 23.2 Å². The zero-order valence-electron chi connectivity index (χ0n) is 24.9. The number of sulfonamides is 1. The van der Waals surface area contributed by atoms with Crippen molar-refractivity contribution in [2.75, 3.05) is 10.8 Å². The number of nitrogens with one attached hydrogen (secondary N) is 1. The predicted octanol–water partition coefficient (Wildman–Crippen LogP) is 7.51. The van der Waals surface area contributed by atoms with Crippen molar-refractivity contribution in [1.29, 1.82) is 0 Å². The number of carbonyl (C=O) groups excluding carboxylic acids is 2. The summed E-state index contributed by atoms with van der Waals surface area (Å²) in [5, 5.41) is 3.66. The molecular formula is C34H34BrCl2N3O4S. The molecule has 2 amide bonds. The molecule has 0 fully saturated rings. The molecule has 236 valence electrons. The fraction of sp³-hybridized carbons (Fsp3) is 0.235. The van der Waals surface area contributed by atoms with E-state index in [0.29, 0.717) is 22.0 Å². The number of benzene rings is 4. The van der Waals surface area contributed by atoms with E-state index in [9.17, 15) is 18.0 Å². The summed E-state index contributed by atoms with van der Waals surface area (Å²) in [4.78, 5) is 29.9. The van der Waals surface area contributed by atoms with Gasteiger partial charge in [-0.2, -0.15) is 0 Å². The molecule has 0 spiro atoms. The van der Waals surface area contributed by atoms with Crippen LogP contribution in [0.4, 0.5) is 5.69 Å². The smallest absolute Gasteiger partial charge is 0.264 e. The van der Waals surface area contributed by atoms with E-state index >= 15 is 0 Å². The van der Waals surface area contributed by atoms with Crippen LogP contribution in [-0.4, -0.2) is 43.8 Å². The molecule has 0 aliphatic rings. The third-order valence-electron chi connectivity index (χ3n) is 7.39. The second-order valence-electron chi connectivity index (χ2n) is 10.5. The number of hydrogen-bond donors (Lipinski definition) is 1. The molecule has 4 aromatic rings. The Morgan fingerprint density at radius 2 is 1.42 bits per heavy atom. The monoisotopic (exact) mass is 729 g/mol. The summed E-state index contributed by atoms with van der Waals surface area (Å²) in [6, 6.07) is 27.7. The maximum atomic E-state index is 14.5. The average Bonchev–Trinajstić information content (AvgIpc) is 3.04. The molecule has 0 aliphatic heterocycles. The predicted molar refractivity (Wildman–Crippen MR) is 184 cm³/mol. The lowest BCUT2D eigenvalue weighted by Gasteiger charge is -2.34. The Hall–Kier alpha value is -3.37. The second-order valence-corrected chi connectivity index (χ2v) is 14.1. The molecule has 0 saturated heterocycles. The molecule has 0 unspecified atom stereocenters. The molecule has 0 saturated carbocycles. The maximum Gasteiger partial charge on any atom is 0.264 e. The van der Waals surface area contributed by atoms with Crippen LogP contribution in [0.5, 0.6) is 0 Å². The van der Waals surface area contributed by atoms with Crippen LogP contribution in [0.1, 0.15) is 31.4 Å². The van der Waals surface area contributed by atoms with Crippen molar-refractivity contribution in [2.24, 2.45) is 0 Å². The fourth-order valence-electron chi connectivity index (χ4n) is 4.70. The Morgan fingerprint density at radius 3 is 2.00 bits per heavy atom. The van der Waals surface area contributed by atoms with Gasteiger partial charge in [-0.25, -0.2) is 8.42 Å². The number of anilines is 1. The van der Waals surface area contributed by atoms with E-state index in [-0.39, 0.29) is 35.5 Å². The first kappa shape index (κ1) is 34.5. The zero-order chi connectivity index (χ0) is 32.6. The van der Waals surface area contributed by atoms with Gasteiger partial charge in [-0.1, -0.05) is 101 Å². The minimum atomic E-state index is -4.19. The zero-order valence-corrected chi connectivity index (χ0v) is 28.8. The molecule has 11 heteroatoms. The van der Waals surface area contributed by atoms with Gasteiger partial charge in [-0.3, -0.25) is 13.9 Å². The van der Waals surface area contributed by atoms with Gasteiger partial charge >= 0.3 is 0 Å². The molecule has 0 bridgehead atoms. The Bertz CT molecular complexity index is 1690. The van der Waals surface area contributed by atoms with Crippen molar-refractivity contribution < 1.29 is 18.0 Å². The summed E-state index contributed by atoms with van der Waals surface area (Å²) in [6.45, 7) is 3.13. The molecule has 4 rings (SSSR count). The normalized spacial score (nSPS) is 12.6. The average molecular weight is 732 g/mol. The van der Waals surface area contributed by atoms with Gasteiger partial charge in [-0.05, 0) is 67.4 Å². The van der Waals surface area contributed by atoms with Crippen LogP contribution in [0.3, 0.4) is 0 Å². The van der Waals surface area contributed by atoms with Crippen molar-refractivity contribution >= 4 is 66.7 Å². The summed E-state index contributed by atoms with van der Waals surface area (Å²) in [7, 11) is -4.19. The van der Waals surface area contributed by atoms with E-state index in [0.717, 1.165) is 14.3 Å². The summed E-state index contributed by atoms with van der Waals surface area (Å²) in [5.74, 6) is -0.973. The molecular weight excluding hydrogens is 697 g/mol. The SMILES string of the molecule is CC[C@@H](C)NC(=O)[C@@H](Cc1ccccc1)N(Cc1c(Cl)cccc1Cl)C(=O)CN(c1ccc(Br)cc1)S(=O)(=O)c1ccccc1. The van der Waals surface area contributed by atoms with Crippen molar-refractivity contribution in [3.05, 3.63) is 129 Å². The number of rotatable bonds is 13. The van der Waals surface area contributed by atoms with Gasteiger partial charge in [0.25, 0.3) is 10.0 Å². The Morgan fingerprint density at radius 1 is 0.844 bits per heavy atom. The van der Waals surface area contributed by atoms with Gasteiger partial charge in [0.05, 0.1) is 10.6 Å². The standard InChI is InChI=1S/C34H34BrCl2N3O4S/c1-3-24(2)38-34(42)32(21-25-11-6-4-7-12-25)39(22-29-30(36)15-10-16-31(29)37)33(41)23-40(27-19-17-26(35)18-20-27)45(43,44)28-13-8-5-9-14-28/h4-20,24,32H,3,21-23H2,1-2H3,(H,38,42)/t24-,32-/m1/s1. The van der Waals surface area contributed by atoms with Crippen LogP contribution in [0.25, 0.3) is 0 Å². The maximum absolute atomic E-state index is 14.5. The number of amides is 2. The summed E-state index contributed by atoms with van der Waals surface area (Å²) < 4.78 is 29.9. The van der Waals surface area contributed by atoms with Crippen molar-refractivity contribution in [3.8, 4) is 0 Å². The number of halogens is 3. The van der Waals surface area contributed by atoms with Gasteiger partial charge in [0, 0.05) is 39.1 Å². The Labute approximate surface area is 283 Å². The van der Waals surface area contributed by atoms with Crippen molar-refractivity contribution in [3.63, 3.8) is 0 Å². The van der Waals surface area contributed by atoms with Crippen LogP contribution in [0.2, 0.25) is 10.0 Å². The van der Waals surface area contributed by atoms with E-state index < -0.39 is 28.5 Å². The highest BCUT2D eigenvalue weighted by Crippen LogP contribution is 2.29. The van der Waals surface area contributed by atoms with Crippen molar-refractivity contribution in [1.82, 2.24) is 10.2 Å². The summed E-state index contributed by atoms with van der Waals surface area (Å²) in [6.07, 6.45) is 0.862. The van der Waals surface area contributed by atoms with E-state index in [1.807, 2.05) is 44.2 Å². The lowest BCUT2D eigenvalue weighted by atomic mass is 10.0. The number of nitrogens with zero attached hydrogens (tertiary/aromatic N) is 2. The molecule has 0 aliphatic carbocycles. The van der Waals surface area contributed by atoms with Gasteiger partial charge in [-0.15, -0.1) is 0 Å². The second kappa shape index (κ2) is 15.8. The molecule has 0 heterocycles. The molecule has 7 nitrogen and oxygen atoms in total. The minimum Gasteiger partial charge on any atom is -0.352 e. The van der Waals surface area contributed by atoms with Gasteiger partial charge in [0.15, 0.2) is 0 Å². The molecule has 0 radical (unpaired) electrons. The lowest BCUT2D eigenvalue weighted by molar-refractivity contribution is -0.140. The highest BCUT2D eigenvalue weighted by atomic mass is 79.9. The van der Waals surface area contributed by atoms with E-state index in [1.165, 1.54) is 17.0 Å². The van der Waals surface area contributed by atoms with Crippen LogP contribution in [-0.2, 0) is 32.6 Å². The largest absolute Gasteiger partial charge is 0.352 e. The lowest BCUT2D eigenvalue weighted by Crippen LogP contribution is -2.54. The highest BCUT2D eigenvalue weighted by molar-refractivity contribution is 9.10. The molecule has 1 N–H and O–H groups in total. The highest BCUT2D eigenvalue weighted by Gasteiger charge is 2.35. The van der Waals surface area contributed by atoms with E-state index in [2.05, 4.69) is 21.2 Å². The summed E-state index contributed by atoms with van der Waals surface area (Å²) in [5.41, 5.74) is 1.56. The van der Waals surface area contributed by atoms with Crippen LogP contribution in [0, 0.1) is 0 Å². The number of carbonyl (C=O) groups is 2. The third kappa shape index (κ3) is 8.88. The first-order valence-electron chi connectivity index (χ1n) is 14.4. The Balaban J connectivity index is 1.83. The minimum absolute atomic E-state index is 0.0248. The van der Waals surface area contributed by atoms with Gasteiger partial charge in [0.1, 0.15) is 12.6 Å². The topological polar surface area (TPSA) is 86.8 Å². The first-order valence-corrected chi connectivity index (χ1v) is 17.4. The van der Waals surface area contributed by atoms with Gasteiger partial charge < -0.3 is 10.2 Å². The van der Waals surface area contributed by atoms with Crippen molar-refractivity contribution in [2.45, 2.75) is 50.2 Å². The van der Waals surface area contributed by atoms with Gasteiger partial charge in [0.2, 0.25) is 11.8 Å². The van der Waals surface area contributed by atoms with Crippen LogP contribution >= 0.6 is 39.1 Å². The summed E-state index contributed by atoms with van der Waals surface area (Å²) >= 11 is 16.5. The molecule has 4 aromatic carbocycles. The fourth-order valence-corrected chi connectivity index (χ4v) is 6.92. The first-order chi connectivity index (χ1) is 21.5. The van der Waals surface area contributed by atoms with Crippen LogP contribution < -0.4 is 9.62 Å². The molecule has 0 aromatic heterocycles. The Kier molecular flexibility index (Phi) is 12.1. The molecule has 45 heavy (non-hydrogen) atoms. The van der Waals surface area contributed by atoms with Crippen LogP contribution in [0.15, 0.2) is 112 Å².